The second-order valence-electron chi connectivity index (χ2n) is 5.89. The highest BCUT2D eigenvalue weighted by Crippen LogP contribution is 2.41. The molecule has 6 nitrogen and oxygen atoms in total. The summed E-state index contributed by atoms with van der Waals surface area (Å²) in [4.78, 5) is 21.1. The minimum atomic E-state index is -0.534. The number of amides is 1. The first-order valence-electron chi connectivity index (χ1n) is 8.16. The van der Waals surface area contributed by atoms with E-state index in [-0.39, 0.29) is 0 Å². The number of carbonyl (C=O) groups excluding carboxylic acids is 1. The van der Waals surface area contributed by atoms with Gasteiger partial charge in [-0.1, -0.05) is 30.0 Å². The summed E-state index contributed by atoms with van der Waals surface area (Å²) < 4.78 is 0. The molecule has 2 heterocycles. The van der Waals surface area contributed by atoms with Crippen molar-refractivity contribution in [2.24, 2.45) is 4.99 Å². The first kappa shape index (κ1) is 16.1. The van der Waals surface area contributed by atoms with Gasteiger partial charge in [0.15, 0.2) is 0 Å². The van der Waals surface area contributed by atoms with Crippen molar-refractivity contribution in [2.75, 3.05) is 26.2 Å². The maximum atomic E-state index is 11.8. The second-order valence-corrected chi connectivity index (χ2v) is 6.98. The van der Waals surface area contributed by atoms with Crippen LogP contribution in [0, 0.1) is 0 Å². The zero-order valence-corrected chi connectivity index (χ0v) is 14.3. The number of aliphatic imine (C=N–C) groups is 1. The number of nitrogens with one attached hydrogen (secondary N) is 2. The van der Waals surface area contributed by atoms with Crippen molar-refractivity contribution < 1.29 is 10.0 Å². The lowest BCUT2D eigenvalue weighted by Crippen LogP contribution is -2.46. The van der Waals surface area contributed by atoms with Crippen molar-refractivity contribution in [3.05, 3.63) is 53.6 Å². The maximum Gasteiger partial charge on any atom is 0.274 e. The molecular weight excluding hydrogens is 336 g/mol. The number of hydrogen-bond acceptors (Lipinski definition) is 6. The van der Waals surface area contributed by atoms with E-state index in [0.29, 0.717) is 5.56 Å². The summed E-state index contributed by atoms with van der Waals surface area (Å²) >= 11 is 1.65. The monoisotopic (exact) mass is 354 g/mol. The molecule has 0 atom stereocenters. The average Bonchev–Trinajstić information content (AvgIpc) is 2.84. The smallest absolute Gasteiger partial charge is 0.274 e. The average molecular weight is 354 g/mol. The molecule has 2 aromatic rings. The fourth-order valence-electron chi connectivity index (χ4n) is 3.05. The predicted octanol–water partition coefficient (Wildman–Crippen LogP) is 2.25. The van der Waals surface area contributed by atoms with Crippen LogP contribution < -0.4 is 10.8 Å². The number of hydrogen-bond donors (Lipinski definition) is 3. The summed E-state index contributed by atoms with van der Waals surface area (Å²) in [6, 6.07) is 13.5. The van der Waals surface area contributed by atoms with Gasteiger partial charge in [0, 0.05) is 47.1 Å². The molecule has 7 heteroatoms. The van der Waals surface area contributed by atoms with Crippen molar-refractivity contribution in [2.45, 2.75) is 9.79 Å². The molecule has 2 aromatic carbocycles. The van der Waals surface area contributed by atoms with E-state index in [2.05, 4.69) is 22.3 Å². The molecule has 4 rings (SSSR count). The third-order valence-corrected chi connectivity index (χ3v) is 5.45. The van der Waals surface area contributed by atoms with E-state index in [1.807, 2.05) is 18.2 Å². The Hall–Kier alpha value is -2.35. The molecular formula is C18H18N4O2S. The number of nitrogens with zero attached hydrogens (tertiary/aromatic N) is 2. The highest BCUT2D eigenvalue weighted by molar-refractivity contribution is 7.99. The molecule has 1 fully saturated rings. The maximum absolute atomic E-state index is 11.8. The molecule has 0 spiro atoms. The largest absolute Gasteiger partial charge is 0.354 e. The number of hydroxylamine groups is 1. The number of piperazine rings is 1. The van der Waals surface area contributed by atoms with Crippen molar-refractivity contribution in [3.63, 3.8) is 0 Å². The quantitative estimate of drug-likeness (QED) is 0.541. The summed E-state index contributed by atoms with van der Waals surface area (Å²) in [6.07, 6.45) is 0. The molecule has 0 aromatic heterocycles. The third-order valence-electron chi connectivity index (χ3n) is 4.31. The van der Waals surface area contributed by atoms with Crippen LogP contribution in [-0.4, -0.2) is 48.0 Å². The number of carbonyl (C=O) groups is 1. The molecule has 0 radical (unpaired) electrons. The van der Waals surface area contributed by atoms with Crippen LogP contribution in [0.2, 0.25) is 0 Å². The van der Waals surface area contributed by atoms with Gasteiger partial charge < -0.3 is 10.2 Å². The normalized spacial score (nSPS) is 16.4. The lowest BCUT2D eigenvalue weighted by molar-refractivity contribution is 0.0706. The Morgan fingerprint density at radius 2 is 1.96 bits per heavy atom. The molecule has 25 heavy (non-hydrogen) atoms. The van der Waals surface area contributed by atoms with E-state index in [1.165, 1.54) is 0 Å². The lowest BCUT2D eigenvalue weighted by Gasteiger charge is -2.30. The summed E-state index contributed by atoms with van der Waals surface area (Å²) in [6.45, 7) is 3.64. The van der Waals surface area contributed by atoms with Crippen LogP contribution in [0.25, 0.3) is 0 Å². The topological polar surface area (TPSA) is 77.0 Å². The van der Waals surface area contributed by atoms with E-state index in [1.54, 1.807) is 29.4 Å². The molecule has 1 saturated heterocycles. The van der Waals surface area contributed by atoms with Crippen LogP contribution >= 0.6 is 11.8 Å². The van der Waals surface area contributed by atoms with Crippen molar-refractivity contribution in [1.82, 2.24) is 15.7 Å². The molecule has 2 aliphatic heterocycles. The Bertz CT molecular complexity index is 847. The Morgan fingerprint density at radius 3 is 2.76 bits per heavy atom. The standard InChI is InChI=1S/C18H18N4O2S/c23-18(21-24)12-5-6-16-14(11-12)20-17(22-9-7-19-8-10-22)13-3-1-2-4-15(13)25-16/h1-6,11,19,24H,7-10H2,(H,21,23). The molecule has 0 unspecified atom stereocenters. The minimum absolute atomic E-state index is 0.385. The minimum Gasteiger partial charge on any atom is -0.354 e. The Morgan fingerprint density at radius 1 is 1.16 bits per heavy atom. The van der Waals surface area contributed by atoms with Crippen molar-refractivity contribution in [1.29, 1.82) is 0 Å². The van der Waals surface area contributed by atoms with Crippen LogP contribution in [0.3, 0.4) is 0 Å². The van der Waals surface area contributed by atoms with Crippen LogP contribution in [-0.2, 0) is 0 Å². The summed E-state index contributed by atoms with van der Waals surface area (Å²) in [5, 5.41) is 12.3. The van der Waals surface area contributed by atoms with Gasteiger partial charge in [0.25, 0.3) is 5.91 Å². The molecule has 128 valence electrons. The Balaban J connectivity index is 1.84. The second kappa shape index (κ2) is 6.87. The summed E-state index contributed by atoms with van der Waals surface area (Å²) in [5.74, 6) is 0.401. The van der Waals surface area contributed by atoms with Gasteiger partial charge in [0.2, 0.25) is 0 Å². The Labute approximate surface area is 149 Å². The van der Waals surface area contributed by atoms with E-state index < -0.39 is 5.91 Å². The highest BCUT2D eigenvalue weighted by Gasteiger charge is 2.23. The van der Waals surface area contributed by atoms with Gasteiger partial charge in [-0.25, -0.2) is 10.5 Å². The van der Waals surface area contributed by atoms with Crippen molar-refractivity contribution in [3.8, 4) is 0 Å². The zero-order valence-electron chi connectivity index (χ0n) is 13.5. The van der Waals surface area contributed by atoms with E-state index in [0.717, 1.165) is 53.1 Å². The van der Waals surface area contributed by atoms with Gasteiger partial charge >= 0.3 is 0 Å². The fraction of sp³-hybridized carbons (Fsp3) is 0.222. The van der Waals surface area contributed by atoms with Gasteiger partial charge in [-0.05, 0) is 24.3 Å². The van der Waals surface area contributed by atoms with Gasteiger partial charge in [-0.2, -0.15) is 0 Å². The highest BCUT2D eigenvalue weighted by atomic mass is 32.2. The summed E-state index contributed by atoms with van der Waals surface area (Å²) in [5.41, 5.74) is 3.92. The third kappa shape index (κ3) is 3.13. The van der Waals surface area contributed by atoms with Gasteiger partial charge in [0.1, 0.15) is 5.84 Å². The van der Waals surface area contributed by atoms with E-state index >= 15 is 0 Å². The fourth-order valence-corrected chi connectivity index (χ4v) is 4.05. The number of amidine groups is 1. The molecule has 0 aliphatic carbocycles. The van der Waals surface area contributed by atoms with E-state index in [4.69, 9.17) is 10.2 Å². The van der Waals surface area contributed by atoms with E-state index in [9.17, 15) is 4.79 Å². The van der Waals surface area contributed by atoms with Crippen LogP contribution in [0.15, 0.2) is 57.2 Å². The van der Waals surface area contributed by atoms with Gasteiger partial charge in [-0.15, -0.1) is 0 Å². The first-order chi connectivity index (χ1) is 12.3. The van der Waals surface area contributed by atoms with Crippen LogP contribution in [0.1, 0.15) is 15.9 Å². The first-order valence-corrected chi connectivity index (χ1v) is 8.98. The van der Waals surface area contributed by atoms with Crippen molar-refractivity contribution >= 4 is 29.2 Å². The Kier molecular flexibility index (Phi) is 4.44. The van der Waals surface area contributed by atoms with Crippen LogP contribution in [0.4, 0.5) is 5.69 Å². The van der Waals surface area contributed by atoms with Crippen LogP contribution in [0.5, 0.6) is 0 Å². The number of fused-ring (bicyclic) bond motifs is 2. The molecule has 3 N–H and O–H groups in total. The SMILES string of the molecule is O=C(NO)c1ccc2c(c1)N=C(N1CCNCC1)c1ccccc1S2. The predicted molar refractivity (Wildman–Crippen MR) is 96.9 cm³/mol. The molecule has 0 bridgehead atoms. The zero-order chi connectivity index (χ0) is 17.2. The van der Waals surface area contributed by atoms with Gasteiger partial charge in [-0.3, -0.25) is 10.0 Å². The summed E-state index contributed by atoms with van der Waals surface area (Å²) in [7, 11) is 0. The molecule has 2 aliphatic rings. The number of rotatable bonds is 1. The molecule has 1 amide bonds. The lowest BCUT2D eigenvalue weighted by atomic mass is 10.1. The number of benzene rings is 2. The molecule has 0 saturated carbocycles. The van der Waals surface area contributed by atoms with Gasteiger partial charge in [0.05, 0.1) is 5.69 Å².